The van der Waals surface area contributed by atoms with Crippen LogP contribution in [0.3, 0.4) is 0 Å². The summed E-state index contributed by atoms with van der Waals surface area (Å²) in [5, 5.41) is 13.9. The second kappa shape index (κ2) is 11.4. The Morgan fingerprint density at radius 2 is 1.83 bits per heavy atom. The van der Waals surface area contributed by atoms with Crippen LogP contribution in [-0.4, -0.2) is 52.7 Å². The van der Waals surface area contributed by atoms with E-state index in [0.717, 1.165) is 31.5 Å². The number of aryl methyl sites for hydroxylation is 2. The number of ether oxygens (including phenoxy) is 1. The van der Waals surface area contributed by atoms with Gasteiger partial charge in [-0.15, -0.1) is 12.4 Å². The molecule has 0 atom stereocenters. The SMILES string of the molecule is CCN(CC)CCOC(=O)c1ccc(NC(=O)c2c(O)c3cccc4c3n(c2=O)CCC4)cc1.Cl. The normalized spacial score (nSPS) is 12.3. The third kappa shape index (κ3) is 5.33. The van der Waals surface area contributed by atoms with E-state index >= 15 is 0 Å². The first kappa shape index (κ1) is 26.2. The van der Waals surface area contributed by atoms with Crippen LogP contribution >= 0.6 is 12.4 Å². The highest BCUT2D eigenvalue weighted by atomic mass is 35.5. The van der Waals surface area contributed by atoms with Gasteiger partial charge in [0.2, 0.25) is 0 Å². The van der Waals surface area contributed by atoms with Gasteiger partial charge < -0.3 is 24.6 Å². The predicted molar refractivity (Wildman–Crippen MR) is 138 cm³/mol. The molecule has 4 rings (SSSR count). The average Bonchev–Trinajstić information content (AvgIpc) is 2.85. The highest BCUT2D eigenvalue weighted by molar-refractivity contribution is 6.09. The number of carbonyl (C=O) groups is 2. The Morgan fingerprint density at radius 3 is 2.51 bits per heavy atom. The van der Waals surface area contributed by atoms with Crippen molar-refractivity contribution in [1.29, 1.82) is 0 Å². The van der Waals surface area contributed by atoms with Gasteiger partial charge in [-0.05, 0) is 61.8 Å². The van der Waals surface area contributed by atoms with Crippen molar-refractivity contribution in [2.75, 3.05) is 31.6 Å². The lowest BCUT2D eigenvalue weighted by atomic mass is 9.99. The van der Waals surface area contributed by atoms with Crippen LogP contribution in [0.2, 0.25) is 0 Å². The molecular weight excluding hydrogens is 470 g/mol. The number of amides is 1. The first-order valence-electron chi connectivity index (χ1n) is 11.6. The van der Waals surface area contributed by atoms with Gasteiger partial charge in [-0.3, -0.25) is 9.59 Å². The van der Waals surface area contributed by atoms with Crippen molar-refractivity contribution >= 4 is 40.9 Å². The minimum Gasteiger partial charge on any atom is -0.506 e. The molecule has 1 aliphatic heterocycles. The molecule has 0 aliphatic carbocycles. The zero-order chi connectivity index (χ0) is 24.2. The maximum atomic E-state index is 13.1. The number of esters is 1. The summed E-state index contributed by atoms with van der Waals surface area (Å²) in [5.41, 5.74) is 1.65. The van der Waals surface area contributed by atoms with Crippen molar-refractivity contribution in [3.63, 3.8) is 0 Å². The van der Waals surface area contributed by atoms with Crippen LogP contribution in [0.15, 0.2) is 47.3 Å². The molecule has 3 aromatic rings. The largest absolute Gasteiger partial charge is 0.506 e. The fourth-order valence-corrected chi connectivity index (χ4v) is 4.39. The van der Waals surface area contributed by atoms with Crippen LogP contribution < -0.4 is 10.9 Å². The zero-order valence-corrected chi connectivity index (χ0v) is 20.7. The monoisotopic (exact) mass is 499 g/mol. The lowest BCUT2D eigenvalue weighted by Crippen LogP contribution is -2.31. The lowest BCUT2D eigenvalue weighted by molar-refractivity contribution is 0.0466. The molecule has 186 valence electrons. The molecular formula is C26H30ClN3O5. The summed E-state index contributed by atoms with van der Waals surface area (Å²) in [7, 11) is 0. The van der Waals surface area contributed by atoms with Crippen molar-refractivity contribution in [1.82, 2.24) is 9.47 Å². The van der Waals surface area contributed by atoms with Crippen LogP contribution in [0.4, 0.5) is 5.69 Å². The molecule has 2 heterocycles. The molecule has 2 N–H and O–H groups in total. The van der Waals surface area contributed by atoms with Gasteiger partial charge in [-0.1, -0.05) is 26.0 Å². The van der Waals surface area contributed by atoms with Crippen molar-refractivity contribution < 1.29 is 19.4 Å². The van der Waals surface area contributed by atoms with Crippen LogP contribution in [0.1, 0.15) is 46.5 Å². The number of halogens is 1. The molecule has 0 spiro atoms. The van der Waals surface area contributed by atoms with E-state index in [0.29, 0.717) is 41.9 Å². The second-order valence-corrected chi connectivity index (χ2v) is 8.29. The van der Waals surface area contributed by atoms with Crippen molar-refractivity contribution in [2.45, 2.75) is 33.2 Å². The van der Waals surface area contributed by atoms with Crippen molar-refractivity contribution in [3.05, 3.63) is 69.5 Å². The number of pyridine rings is 1. The van der Waals surface area contributed by atoms with Crippen LogP contribution in [0, 0.1) is 0 Å². The third-order valence-electron chi connectivity index (χ3n) is 6.31. The van der Waals surface area contributed by atoms with Gasteiger partial charge in [-0.25, -0.2) is 4.79 Å². The Labute approximate surface area is 209 Å². The molecule has 1 amide bonds. The van der Waals surface area contributed by atoms with Crippen LogP contribution in [0.5, 0.6) is 5.75 Å². The number of likely N-dealkylation sites (N-methyl/N-ethyl adjacent to an activating group) is 1. The number of benzene rings is 2. The molecule has 0 saturated heterocycles. The van der Waals surface area contributed by atoms with Gasteiger partial charge in [0.15, 0.2) is 0 Å². The average molecular weight is 500 g/mol. The number of aromatic hydroxyl groups is 1. The molecule has 9 heteroatoms. The van der Waals surface area contributed by atoms with Gasteiger partial charge in [0.05, 0.1) is 11.1 Å². The highest BCUT2D eigenvalue weighted by Gasteiger charge is 2.25. The summed E-state index contributed by atoms with van der Waals surface area (Å²) < 4.78 is 6.89. The summed E-state index contributed by atoms with van der Waals surface area (Å²) >= 11 is 0. The molecule has 0 unspecified atom stereocenters. The maximum Gasteiger partial charge on any atom is 0.338 e. The fourth-order valence-electron chi connectivity index (χ4n) is 4.39. The summed E-state index contributed by atoms with van der Waals surface area (Å²) in [6, 6.07) is 11.7. The number of anilines is 1. The molecule has 0 radical (unpaired) electrons. The van der Waals surface area contributed by atoms with Gasteiger partial charge in [0, 0.05) is 24.2 Å². The number of hydrogen-bond donors (Lipinski definition) is 2. The number of nitrogens with one attached hydrogen (secondary N) is 1. The summed E-state index contributed by atoms with van der Waals surface area (Å²) in [6.45, 7) is 7.35. The minimum atomic E-state index is -0.696. The van der Waals surface area contributed by atoms with E-state index in [2.05, 4.69) is 24.1 Å². The molecule has 0 bridgehead atoms. The van der Waals surface area contributed by atoms with E-state index in [-0.39, 0.29) is 23.7 Å². The number of rotatable bonds is 8. The second-order valence-electron chi connectivity index (χ2n) is 8.29. The standard InChI is InChI=1S/C26H29N3O5.ClH/c1-3-28(4-2)15-16-34-26(33)18-10-12-19(13-11-18)27-24(31)21-23(30)20-9-5-7-17-8-6-14-29(22(17)20)25(21)32;/h5,7,9-13,30H,3-4,6,8,14-16H2,1-2H3,(H,27,31);1H. The van der Waals surface area contributed by atoms with Gasteiger partial charge >= 0.3 is 5.97 Å². The minimum absolute atomic E-state index is 0. The van der Waals surface area contributed by atoms with E-state index in [1.165, 1.54) is 0 Å². The number of carbonyl (C=O) groups excluding carboxylic acids is 2. The van der Waals surface area contributed by atoms with E-state index in [9.17, 15) is 19.5 Å². The number of para-hydroxylation sites is 1. The Hall–Kier alpha value is -3.36. The lowest BCUT2D eigenvalue weighted by Gasteiger charge is -2.21. The number of aromatic nitrogens is 1. The summed E-state index contributed by atoms with van der Waals surface area (Å²) in [6.07, 6.45) is 1.62. The third-order valence-corrected chi connectivity index (χ3v) is 6.31. The molecule has 0 fully saturated rings. The van der Waals surface area contributed by atoms with Gasteiger partial charge in [-0.2, -0.15) is 0 Å². The predicted octanol–water partition coefficient (Wildman–Crippen LogP) is 3.83. The van der Waals surface area contributed by atoms with E-state index < -0.39 is 17.4 Å². The Kier molecular flexibility index (Phi) is 8.53. The zero-order valence-electron chi connectivity index (χ0n) is 19.9. The summed E-state index contributed by atoms with van der Waals surface area (Å²) in [5.74, 6) is -1.45. The van der Waals surface area contributed by atoms with Crippen molar-refractivity contribution in [2.24, 2.45) is 0 Å². The van der Waals surface area contributed by atoms with E-state index in [4.69, 9.17) is 4.74 Å². The Balaban J connectivity index is 0.00000342. The van der Waals surface area contributed by atoms with E-state index in [1.54, 1.807) is 34.9 Å². The number of nitrogens with zero attached hydrogens (tertiary/aromatic N) is 2. The first-order valence-corrected chi connectivity index (χ1v) is 11.6. The molecule has 8 nitrogen and oxygen atoms in total. The molecule has 0 saturated carbocycles. The molecule has 2 aromatic carbocycles. The summed E-state index contributed by atoms with van der Waals surface area (Å²) in [4.78, 5) is 40.5. The number of hydrogen-bond acceptors (Lipinski definition) is 6. The quantitative estimate of drug-likeness (QED) is 0.457. The molecule has 35 heavy (non-hydrogen) atoms. The van der Waals surface area contributed by atoms with Gasteiger partial charge in [0.1, 0.15) is 17.9 Å². The fraction of sp³-hybridized carbons (Fsp3) is 0.346. The maximum absolute atomic E-state index is 13.1. The van der Waals surface area contributed by atoms with Gasteiger partial charge in [0.25, 0.3) is 11.5 Å². The van der Waals surface area contributed by atoms with Crippen LogP contribution in [-0.2, 0) is 17.7 Å². The van der Waals surface area contributed by atoms with E-state index in [1.807, 2.05) is 12.1 Å². The first-order chi connectivity index (χ1) is 16.4. The molecule has 1 aromatic heterocycles. The highest BCUT2D eigenvalue weighted by Crippen LogP contribution is 2.31. The Bertz CT molecular complexity index is 1280. The van der Waals surface area contributed by atoms with Crippen molar-refractivity contribution in [3.8, 4) is 5.75 Å². The molecule has 1 aliphatic rings. The Morgan fingerprint density at radius 1 is 1.11 bits per heavy atom. The smallest absolute Gasteiger partial charge is 0.338 e. The topological polar surface area (TPSA) is 101 Å². The van der Waals surface area contributed by atoms with Crippen LogP contribution in [0.25, 0.3) is 10.9 Å².